The number of hydrogen-bond donors (Lipinski definition) is 4. The van der Waals surface area contributed by atoms with E-state index in [-0.39, 0.29) is 37.1 Å². The van der Waals surface area contributed by atoms with Gasteiger partial charge in [0, 0.05) is 23.1 Å². The fourth-order valence-corrected chi connectivity index (χ4v) is 9.08. The number of rotatable bonds is 10. The summed E-state index contributed by atoms with van der Waals surface area (Å²) in [5.74, 6) is -1.45. The fraction of sp³-hybridized carbons (Fsp3) is 0.605. The highest BCUT2D eigenvalue weighted by atomic mass is 32.2. The van der Waals surface area contributed by atoms with Gasteiger partial charge in [-0.2, -0.15) is 0 Å². The number of pyridine rings is 1. The van der Waals surface area contributed by atoms with E-state index in [4.69, 9.17) is 14.2 Å². The molecule has 3 heterocycles. The number of carboxylic acid groups (broad SMARTS) is 1. The molecular weight excluding hydrogens is 719 g/mol. The quantitative estimate of drug-likeness (QED) is 0.255. The van der Waals surface area contributed by atoms with Crippen LogP contribution in [0.4, 0.5) is 4.79 Å². The fourth-order valence-electron chi connectivity index (χ4n) is 7.77. The van der Waals surface area contributed by atoms with E-state index < -0.39 is 68.2 Å². The molecule has 1 aromatic heterocycles. The third-order valence-corrected chi connectivity index (χ3v) is 13.6. The summed E-state index contributed by atoms with van der Waals surface area (Å²) in [6, 6.07) is 3.00. The maximum Gasteiger partial charge on any atom is 0.405 e. The lowest BCUT2D eigenvalue weighted by Crippen LogP contribution is -2.59. The van der Waals surface area contributed by atoms with Crippen LogP contribution in [0.1, 0.15) is 79.1 Å². The molecule has 2 aliphatic heterocycles. The van der Waals surface area contributed by atoms with Crippen LogP contribution >= 0.6 is 0 Å². The minimum absolute atomic E-state index is 0.00826. The maximum absolute atomic E-state index is 14.6. The minimum atomic E-state index is -4.01. The predicted molar refractivity (Wildman–Crippen MR) is 199 cm³/mol. The summed E-state index contributed by atoms with van der Waals surface area (Å²) >= 11 is 0. The van der Waals surface area contributed by atoms with Gasteiger partial charge >= 0.3 is 6.09 Å². The topological polar surface area (TPSA) is 203 Å². The Morgan fingerprint density at radius 1 is 1.15 bits per heavy atom. The Bertz CT molecular complexity index is 1930. The first kappa shape index (κ1) is 39.1. The molecule has 15 nitrogen and oxygen atoms in total. The molecule has 3 fully saturated rings. The Kier molecular flexibility index (Phi) is 11.1. The molecule has 0 unspecified atom stereocenters. The molecule has 0 spiro atoms. The second kappa shape index (κ2) is 15.3. The lowest BCUT2D eigenvalue weighted by Gasteiger charge is -2.33. The smallest absolute Gasteiger partial charge is 0.405 e. The maximum atomic E-state index is 14.6. The molecule has 2 aliphatic carbocycles. The molecule has 7 atom stereocenters. The second-order valence-electron chi connectivity index (χ2n) is 15.4. The normalized spacial score (nSPS) is 29.5. The van der Waals surface area contributed by atoms with Crippen LogP contribution in [0.2, 0.25) is 0 Å². The van der Waals surface area contributed by atoms with Gasteiger partial charge in [-0.25, -0.2) is 18.2 Å². The van der Waals surface area contributed by atoms with Crippen LogP contribution in [-0.2, 0) is 24.4 Å². The number of hydrogen-bond acceptors (Lipinski definition) is 10. The van der Waals surface area contributed by atoms with Crippen molar-refractivity contribution in [1.29, 1.82) is 0 Å². The average molecular weight is 770 g/mol. The zero-order chi connectivity index (χ0) is 39.0. The summed E-state index contributed by atoms with van der Waals surface area (Å²) in [6.07, 6.45) is 6.66. The van der Waals surface area contributed by atoms with Gasteiger partial charge in [-0.1, -0.05) is 32.4 Å². The van der Waals surface area contributed by atoms with Crippen LogP contribution in [0, 0.1) is 17.8 Å². The number of allylic oxidation sites excluding steroid dienone is 1. The van der Waals surface area contributed by atoms with Gasteiger partial charge in [-0.15, -0.1) is 0 Å². The van der Waals surface area contributed by atoms with Crippen molar-refractivity contribution in [2.45, 2.75) is 108 Å². The van der Waals surface area contributed by atoms with Crippen LogP contribution in [-0.4, -0.2) is 96.0 Å². The summed E-state index contributed by atoms with van der Waals surface area (Å²) in [7, 11) is -2.46. The van der Waals surface area contributed by atoms with E-state index in [1.807, 2.05) is 32.9 Å². The predicted octanol–water partition coefficient (Wildman–Crippen LogP) is 3.90. The van der Waals surface area contributed by atoms with Gasteiger partial charge in [0.15, 0.2) is 0 Å². The molecule has 294 valence electrons. The average Bonchev–Trinajstić information content (AvgIpc) is 4.01. The van der Waals surface area contributed by atoms with Crippen LogP contribution in [0.3, 0.4) is 0 Å². The summed E-state index contributed by atoms with van der Waals surface area (Å²) in [5, 5.41) is 16.5. The number of carbonyl (C=O) groups excluding carboxylic acids is 3. The highest BCUT2D eigenvalue weighted by Crippen LogP contribution is 2.48. The SMILES string of the molecule is CCOc1cnc(O[C@@H]2C[C@H]3C(=O)N[C@]4(C(=O)NS(=O)(=O)C5(C)CC5)C[C@H]4C=CCC[C@@H](C)C[C@@H](CC)[C@H](NC(=O)O)C(=O)N3C2)c2ccc(OC)cc12. The largest absolute Gasteiger partial charge is 0.497 e. The van der Waals surface area contributed by atoms with Crippen molar-refractivity contribution in [2.24, 2.45) is 17.8 Å². The molecule has 54 heavy (non-hydrogen) atoms. The number of fused-ring (bicyclic) bond motifs is 3. The molecule has 4 N–H and O–H groups in total. The number of methoxy groups -OCH3 is 1. The highest BCUT2D eigenvalue weighted by molar-refractivity contribution is 7.91. The first-order chi connectivity index (χ1) is 25.6. The van der Waals surface area contributed by atoms with Crippen LogP contribution in [0.5, 0.6) is 17.4 Å². The Balaban J connectivity index is 1.36. The first-order valence-electron chi connectivity index (χ1n) is 18.8. The number of benzene rings is 1. The Hall–Kier alpha value is -4.60. The summed E-state index contributed by atoms with van der Waals surface area (Å²) in [4.78, 5) is 60.8. The molecule has 0 bridgehead atoms. The van der Waals surface area contributed by atoms with Crippen molar-refractivity contribution in [1.82, 2.24) is 25.2 Å². The zero-order valence-corrected chi connectivity index (χ0v) is 32.2. The van der Waals surface area contributed by atoms with Crippen molar-refractivity contribution in [2.75, 3.05) is 20.3 Å². The zero-order valence-electron chi connectivity index (χ0n) is 31.4. The Morgan fingerprint density at radius 3 is 2.57 bits per heavy atom. The molecule has 1 aromatic carbocycles. The lowest BCUT2D eigenvalue weighted by atomic mass is 9.85. The van der Waals surface area contributed by atoms with Crippen molar-refractivity contribution in [3.8, 4) is 17.4 Å². The number of sulfonamides is 1. The van der Waals surface area contributed by atoms with Gasteiger partial charge in [0.05, 0.1) is 31.2 Å². The Labute approximate surface area is 315 Å². The van der Waals surface area contributed by atoms with E-state index in [1.54, 1.807) is 32.2 Å². The van der Waals surface area contributed by atoms with E-state index in [1.165, 1.54) is 11.1 Å². The summed E-state index contributed by atoms with van der Waals surface area (Å²) in [6.45, 7) is 7.70. The molecule has 2 aromatic rings. The monoisotopic (exact) mass is 769 g/mol. The van der Waals surface area contributed by atoms with Crippen molar-refractivity contribution >= 4 is 44.6 Å². The summed E-state index contributed by atoms with van der Waals surface area (Å²) in [5.41, 5.74) is -1.55. The standard InChI is InChI=1S/C38H51N5O10S/c1-6-23-16-22(3)10-8-9-11-24-19-38(24,35(46)42-54(49,50)37(4)14-15-37)41-32(44)29-18-26(21-43(29)34(45)31(23)40-36(47)48)53-33-27-13-12-25(51-5)17-28(27)30(20-39-33)52-7-2/h9,11-13,17,20,22-24,26,29,31,40H,6-8,10,14-16,18-19,21H2,1-5H3,(H,41,44)(H,42,46)(H,47,48)/t22-,23-,24-,26-,29+,31+,38-/m1/s1. The number of amides is 4. The lowest BCUT2D eigenvalue weighted by molar-refractivity contribution is -0.142. The van der Waals surface area contributed by atoms with Gasteiger partial charge in [0.25, 0.3) is 5.91 Å². The number of nitrogens with zero attached hydrogens (tertiary/aromatic N) is 2. The molecule has 4 amide bonds. The molecule has 1 saturated heterocycles. The highest BCUT2D eigenvalue weighted by Gasteiger charge is 2.63. The third-order valence-electron chi connectivity index (χ3n) is 11.5. The first-order valence-corrected chi connectivity index (χ1v) is 20.2. The van der Waals surface area contributed by atoms with E-state index in [9.17, 15) is 32.7 Å². The van der Waals surface area contributed by atoms with E-state index in [2.05, 4.69) is 20.3 Å². The molecule has 6 rings (SSSR count). The third kappa shape index (κ3) is 7.80. The van der Waals surface area contributed by atoms with Crippen LogP contribution in [0.25, 0.3) is 10.8 Å². The van der Waals surface area contributed by atoms with Gasteiger partial charge in [-0.3, -0.25) is 19.1 Å². The van der Waals surface area contributed by atoms with Crippen molar-refractivity contribution < 1.29 is 46.9 Å². The molecule has 2 saturated carbocycles. The number of nitrogens with one attached hydrogen (secondary N) is 3. The summed E-state index contributed by atoms with van der Waals surface area (Å²) < 4.78 is 45.2. The molecule has 4 aliphatic rings. The Morgan fingerprint density at radius 2 is 1.91 bits per heavy atom. The van der Waals surface area contributed by atoms with Gasteiger partial charge in [0.1, 0.15) is 35.2 Å². The van der Waals surface area contributed by atoms with E-state index in [0.717, 1.165) is 6.42 Å². The second-order valence-corrected chi connectivity index (χ2v) is 17.5. The molecule has 0 radical (unpaired) electrons. The number of carbonyl (C=O) groups is 4. The van der Waals surface area contributed by atoms with E-state index in [0.29, 0.717) is 61.0 Å². The van der Waals surface area contributed by atoms with Crippen molar-refractivity contribution in [3.05, 3.63) is 36.5 Å². The van der Waals surface area contributed by atoms with Gasteiger partial charge in [0.2, 0.25) is 27.7 Å². The molecule has 16 heteroatoms. The number of aromatic nitrogens is 1. The van der Waals surface area contributed by atoms with Crippen LogP contribution < -0.4 is 29.6 Å². The van der Waals surface area contributed by atoms with Gasteiger partial charge in [-0.05, 0) is 82.4 Å². The van der Waals surface area contributed by atoms with E-state index >= 15 is 0 Å². The number of ether oxygens (including phenoxy) is 3. The minimum Gasteiger partial charge on any atom is -0.497 e. The molecular formula is C38H51N5O10S. The van der Waals surface area contributed by atoms with Crippen molar-refractivity contribution in [3.63, 3.8) is 0 Å². The van der Waals surface area contributed by atoms with Crippen LogP contribution in [0.15, 0.2) is 36.5 Å². The van der Waals surface area contributed by atoms with Gasteiger partial charge < -0.3 is 34.9 Å².